The van der Waals surface area contributed by atoms with Crippen LogP contribution in [0.5, 0.6) is 0 Å². The Balaban J connectivity index is 3.86. The topological polar surface area (TPSA) is 55.4 Å². The molecule has 0 spiro atoms. The summed E-state index contributed by atoms with van der Waals surface area (Å²) in [7, 11) is 0. The summed E-state index contributed by atoms with van der Waals surface area (Å²) >= 11 is 3.29. The first-order valence-electron chi connectivity index (χ1n) is 4.46. The molecule has 1 N–H and O–H groups in total. The van der Waals surface area contributed by atoms with Gasteiger partial charge in [-0.3, -0.25) is 9.59 Å². The smallest absolute Gasteiger partial charge is 0.303 e. The van der Waals surface area contributed by atoms with Crippen molar-refractivity contribution in [3.05, 3.63) is 0 Å². The average molecular weight is 266 g/mol. The minimum absolute atomic E-state index is 0.350. The van der Waals surface area contributed by atoms with Crippen molar-refractivity contribution in [2.24, 2.45) is 0 Å². The Morgan fingerprint density at radius 2 is 2.29 bits per heavy atom. The molecule has 5 heteroatoms. The Labute approximate surface area is 92.5 Å². The molecular weight excluding hydrogens is 250 g/mol. The van der Waals surface area contributed by atoms with E-state index in [4.69, 9.17) is 4.74 Å². The second-order valence-electron chi connectivity index (χ2n) is 3.24. The molecule has 0 rings (SSSR count). The fourth-order valence-electron chi connectivity index (χ4n) is 0.959. The third kappa shape index (κ3) is 6.10. The Hall–Kier alpha value is -0.420. The summed E-state index contributed by atoms with van der Waals surface area (Å²) in [4.78, 5) is 21.4. The maximum Gasteiger partial charge on any atom is 0.303 e. The fourth-order valence-corrected chi connectivity index (χ4v) is 1.24. The normalized spacial score (nSPS) is 14.5. The number of carbonyl (C=O) groups excluding carboxylic acids is 2. The average Bonchev–Trinajstić information content (AvgIpc) is 2.11. The highest BCUT2D eigenvalue weighted by molar-refractivity contribution is 9.09. The molecule has 14 heavy (non-hydrogen) atoms. The van der Waals surface area contributed by atoms with E-state index in [-0.39, 0.29) is 0 Å². The molecule has 0 bridgehead atoms. The highest BCUT2D eigenvalue weighted by atomic mass is 79.9. The molecule has 0 radical (unpaired) electrons. The standard InChI is InChI=1S/C9H16BrNO3/c1-8(13)14-9(2,7-12)6-11-5-3-4-10/h7,11H,3-6H2,1-2H3. The zero-order chi connectivity index (χ0) is 11.0. The third-order valence-electron chi connectivity index (χ3n) is 1.59. The summed E-state index contributed by atoms with van der Waals surface area (Å²) in [6, 6.07) is 0. The zero-order valence-corrected chi connectivity index (χ0v) is 10.1. The molecule has 0 aliphatic carbocycles. The van der Waals surface area contributed by atoms with E-state index in [0.717, 1.165) is 18.3 Å². The second-order valence-corrected chi connectivity index (χ2v) is 4.04. The van der Waals surface area contributed by atoms with Gasteiger partial charge in [-0.25, -0.2) is 0 Å². The van der Waals surface area contributed by atoms with Crippen LogP contribution in [0, 0.1) is 0 Å². The van der Waals surface area contributed by atoms with Gasteiger partial charge in [-0.15, -0.1) is 0 Å². The van der Waals surface area contributed by atoms with Gasteiger partial charge < -0.3 is 10.1 Å². The van der Waals surface area contributed by atoms with Gasteiger partial charge in [0.2, 0.25) is 0 Å². The predicted octanol–water partition coefficient (Wildman–Crippen LogP) is 0.882. The number of rotatable bonds is 7. The van der Waals surface area contributed by atoms with E-state index in [2.05, 4.69) is 21.2 Å². The molecule has 0 heterocycles. The first kappa shape index (κ1) is 13.6. The summed E-state index contributed by atoms with van der Waals surface area (Å²) < 4.78 is 4.89. The molecule has 82 valence electrons. The molecule has 1 atom stereocenters. The number of halogens is 1. The second kappa shape index (κ2) is 6.95. The number of esters is 1. The summed E-state index contributed by atoms with van der Waals surface area (Å²) in [5.74, 6) is -0.443. The van der Waals surface area contributed by atoms with Crippen LogP contribution in [-0.4, -0.2) is 36.3 Å². The van der Waals surface area contributed by atoms with Crippen molar-refractivity contribution >= 4 is 28.2 Å². The van der Waals surface area contributed by atoms with Crippen molar-refractivity contribution in [2.45, 2.75) is 25.9 Å². The van der Waals surface area contributed by atoms with Gasteiger partial charge >= 0.3 is 5.97 Å². The minimum Gasteiger partial charge on any atom is -0.450 e. The van der Waals surface area contributed by atoms with E-state index < -0.39 is 11.6 Å². The van der Waals surface area contributed by atoms with Crippen molar-refractivity contribution in [3.8, 4) is 0 Å². The molecule has 0 aromatic heterocycles. The van der Waals surface area contributed by atoms with Crippen LogP contribution in [0.25, 0.3) is 0 Å². The Morgan fingerprint density at radius 1 is 1.64 bits per heavy atom. The highest BCUT2D eigenvalue weighted by Crippen LogP contribution is 2.05. The molecule has 1 unspecified atom stereocenters. The first-order valence-corrected chi connectivity index (χ1v) is 5.59. The van der Waals surface area contributed by atoms with E-state index in [1.165, 1.54) is 6.92 Å². The quantitative estimate of drug-likeness (QED) is 0.322. The van der Waals surface area contributed by atoms with Crippen molar-refractivity contribution in [1.29, 1.82) is 0 Å². The maximum absolute atomic E-state index is 10.7. The molecule has 0 aromatic rings. The van der Waals surface area contributed by atoms with Crippen molar-refractivity contribution in [3.63, 3.8) is 0 Å². The lowest BCUT2D eigenvalue weighted by Gasteiger charge is -2.23. The monoisotopic (exact) mass is 265 g/mol. The third-order valence-corrected chi connectivity index (χ3v) is 2.15. The van der Waals surface area contributed by atoms with Crippen molar-refractivity contribution < 1.29 is 14.3 Å². The summed E-state index contributed by atoms with van der Waals surface area (Å²) in [5, 5.41) is 3.95. The lowest BCUT2D eigenvalue weighted by Crippen LogP contribution is -2.43. The van der Waals surface area contributed by atoms with E-state index >= 15 is 0 Å². The number of ether oxygens (including phenoxy) is 1. The largest absolute Gasteiger partial charge is 0.450 e. The van der Waals surface area contributed by atoms with Gasteiger partial charge in [-0.1, -0.05) is 15.9 Å². The van der Waals surface area contributed by atoms with Crippen LogP contribution < -0.4 is 5.32 Å². The number of nitrogens with one attached hydrogen (secondary N) is 1. The number of carbonyl (C=O) groups is 2. The summed E-state index contributed by atoms with van der Waals surface area (Å²) in [5.41, 5.74) is -1.04. The number of hydrogen-bond donors (Lipinski definition) is 1. The SMILES string of the molecule is CC(=O)OC(C)(C=O)CNCCCBr. The van der Waals surface area contributed by atoms with Gasteiger partial charge in [-0.05, 0) is 19.9 Å². The molecular formula is C9H16BrNO3. The van der Waals surface area contributed by atoms with Crippen LogP contribution in [0.3, 0.4) is 0 Å². The minimum atomic E-state index is -1.04. The highest BCUT2D eigenvalue weighted by Gasteiger charge is 2.26. The molecule has 4 nitrogen and oxygen atoms in total. The predicted molar refractivity (Wildman–Crippen MR) is 57.5 cm³/mol. The van der Waals surface area contributed by atoms with Crippen LogP contribution in [0.2, 0.25) is 0 Å². The van der Waals surface area contributed by atoms with E-state index in [1.807, 2.05) is 0 Å². The van der Waals surface area contributed by atoms with Gasteiger partial charge in [0.1, 0.15) is 0 Å². The van der Waals surface area contributed by atoms with Gasteiger partial charge in [0.15, 0.2) is 11.9 Å². The van der Waals surface area contributed by atoms with E-state index in [1.54, 1.807) is 6.92 Å². The number of aldehydes is 1. The van der Waals surface area contributed by atoms with Gasteiger partial charge in [0.25, 0.3) is 0 Å². The van der Waals surface area contributed by atoms with Crippen LogP contribution in [0.1, 0.15) is 20.3 Å². The van der Waals surface area contributed by atoms with Gasteiger partial charge in [0.05, 0.1) is 0 Å². The summed E-state index contributed by atoms with van der Waals surface area (Å²) in [6.07, 6.45) is 1.62. The Morgan fingerprint density at radius 3 is 2.71 bits per heavy atom. The van der Waals surface area contributed by atoms with Crippen LogP contribution in [-0.2, 0) is 14.3 Å². The van der Waals surface area contributed by atoms with E-state index in [0.29, 0.717) is 12.8 Å². The Kier molecular flexibility index (Phi) is 6.74. The number of hydrogen-bond acceptors (Lipinski definition) is 4. The molecule has 0 aromatic carbocycles. The molecule has 0 saturated heterocycles. The van der Waals surface area contributed by atoms with Gasteiger partial charge in [-0.2, -0.15) is 0 Å². The Bertz CT molecular complexity index is 198. The zero-order valence-electron chi connectivity index (χ0n) is 8.51. The molecule has 0 aliphatic rings. The lowest BCUT2D eigenvalue weighted by molar-refractivity contribution is -0.158. The maximum atomic E-state index is 10.7. The molecule has 0 saturated carbocycles. The molecule has 0 fully saturated rings. The van der Waals surface area contributed by atoms with E-state index in [9.17, 15) is 9.59 Å². The van der Waals surface area contributed by atoms with Crippen molar-refractivity contribution in [2.75, 3.05) is 18.4 Å². The fraction of sp³-hybridized carbons (Fsp3) is 0.778. The molecule has 0 aliphatic heterocycles. The first-order chi connectivity index (χ1) is 6.54. The van der Waals surface area contributed by atoms with Crippen LogP contribution >= 0.6 is 15.9 Å². The molecule has 0 amide bonds. The number of alkyl halides is 1. The van der Waals surface area contributed by atoms with Crippen LogP contribution in [0.15, 0.2) is 0 Å². The summed E-state index contributed by atoms with van der Waals surface area (Å²) in [6.45, 7) is 4.02. The van der Waals surface area contributed by atoms with Crippen molar-refractivity contribution in [1.82, 2.24) is 5.32 Å². The van der Waals surface area contributed by atoms with Gasteiger partial charge in [0, 0.05) is 18.8 Å². The lowest BCUT2D eigenvalue weighted by atomic mass is 10.1. The van der Waals surface area contributed by atoms with Crippen LogP contribution in [0.4, 0.5) is 0 Å².